The van der Waals surface area contributed by atoms with E-state index >= 15 is 0 Å². The predicted octanol–water partition coefficient (Wildman–Crippen LogP) is 2.82. The minimum absolute atomic E-state index is 0. The fourth-order valence-electron chi connectivity index (χ4n) is 4.60. The number of likely N-dealkylation sites (tertiary alicyclic amines) is 1. The molecule has 1 aromatic carbocycles. The van der Waals surface area contributed by atoms with Crippen LogP contribution in [0.15, 0.2) is 35.3 Å². The van der Waals surface area contributed by atoms with E-state index < -0.39 is 0 Å². The molecule has 8 heteroatoms. The quantitative estimate of drug-likeness (QED) is 0.249. The molecule has 0 aliphatic carbocycles. The minimum atomic E-state index is -0.139. The number of methoxy groups -OCH3 is 1. The molecule has 2 heterocycles. The van der Waals surface area contributed by atoms with Crippen LogP contribution in [-0.2, 0) is 14.3 Å². The summed E-state index contributed by atoms with van der Waals surface area (Å²) in [5.74, 6) is 0.832. The summed E-state index contributed by atoms with van der Waals surface area (Å²) in [7, 11) is 3.26. The van der Waals surface area contributed by atoms with Crippen LogP contribution in [0.1, 0.15) is 38.3 Å². The van der Waals surface area contributed by atoms with Gasteiger partial charge >= 0.3 is 5.97 Å². The van der Waals surface area contributed by atoms with E-state index in [1.165, 1.54) is 12.7 Å². The maximum absolute atomic E-state index is 12.1. The molecule has 2 aliphatic rings. The molecule has 2 N–H and O–H groups in total. The van der Waals surface area contributed by atoms with Crippen LogP contribution in [0.4, 0.5) is 0 Å². The third kappa shape index (κ3) is 6.55. The average molecular weight is 544 g/mol. The number of rotatable bonds is 6. The molecule has 31 heavy (non-hydrogen) atoms. The van der Waals surface area contributed by atoms with Crippen LogP contribution in [-0.4, -0.2) is 69.4 Å². The highest BCUT2D eigenvalue weighted by atomic mass is 127. The van der Waals surface area contributed by atoms with Crippen LogP contribution in [0.3, 0.4) is 0 Å². The maximum Gasteiger partial charge on any atom is 0.310 e. The van der Waals surface area contributed by atoms with Gasteiger partial charge in [0.15, 0.2) is 5.96 Å². The topological polar surface area (TPSA) is 75.2 Å². The van der Waals surface area contributed by atoms with Gasteiger partial charge in [-0.1, -0.05) is 37.3 Å². The SMILES string of the molecule is CN=C(NCC1(NC(C)c2ccccc2)CCOCC1)N1CC(C)C(C(=O)OC)C1.I. The largest absolute Gasteiger partial charge is 0.469 e. The Balaban J connectivity index is 0.00000341. The van der Waals surface area contributed by atoms with Gasteiger partial charge in [0, 0.05) is 51.5 Å². The highest BCUT2D eigenvalue weighted by molar-refractivity contribution is 14.0. The number of carbonyl (C=O) groups excluding carboxylic acids is 1. The predicted molar refractivity (Wildman–Crippen MR) is 134 cm³/mol. The van der Waals surface area contributed by atoms with Crippen LogP contribution < -0.4 is 10.6 Å². The summed E-state index contributed by atoms with van der Waals surface area (Å²) in [6.07, 6.45) is 1.88. The lowest BCUT2D eigenvalue weighted by Gasteiger charge is -2.41. The second-order valence-corrected chi connectivity index (χ2v) is 8.58. The van der Waals surface area contributed by atoms with Gasteiger partial charge < -0.3 is 25.0 Å². The molecule has 174 valence electrons. The van der Waals surface area contributed by atoms with Gasteiger partial charge in [0.05, 0.1) is 13.0 Å². The monoisotopic (exact) mass is 544 g/mol. The summed E-state index contributed by atoms with van der Waals surface area (Å²) >= 11 is 0. The molecular formula is C23H37IN4O3. The Morgan fingerprint density at radius 3 is 2.58 bits per heavy atom. The normalized spacial score (nSPS) is 24.3. The first kappa shape index (κ1) is 25.9. The molecule has 3 atom stereocenters. The van der Waals surface area contributed by atoms with E-state index in [9.17, 15) is 4.79 Å². The Kier molecular flexibility index (Phi) is 10.0. The molecule has 3 rings (SSSR count). The molecule has 0 spiro atoms. The lowest BCUT2D eigenvalue weighted by molar-refractivity contribution is -0.145. The van der Waals surface area contributed by atoms with E-state index in [1.54, 1.807) is 7.05 Å². The molecule has 0 amide bonds. The third-order valence-electron chi connectivity index (χ3n) is 6.48. The second kappa shape index (κ2) is 12.0. The van der Waals surface area contributed by atoms with Gasteiger partial charge in [0.2, 0.25) is 0 Å². The highest BCUT2D eigenvalue weighted by Crippen LogP contribution is 2.26. The van der Waals surface area contributed by atoms with Crippen molar-refractivity contribution in [3.63, 3.8) is 0 Å². The first-order valence-electron chi connectivity index (χ1n) is 10.9. The summed E-state index contributed by atoms with van der Waals surface area (Å²) in [5.41, 5.74) is 1.21. The van der Waals surface area contributed by atoms with Crippen molar-refractivity contribution in [2.75, 3.05) is 47.0 Å². The molecule has 1 aromatic rings. The Morgan fingerprint density at radius 1 is 1.29 bits per heavy atom. The number of hydrogen-bond donors (Lipinski definition) is 2. The first-order chi connectivity index (χ1) is 14.5. The Labute approximate surface area is 203 Å². The van der Waals surface area contributed by atoms with Crippen molar-refractivity contribution in [2.24, 2.45) is 16.8 Å². The van der Waals surface area contributed by atoms with Crippen molar-refractivity contribution in [3.05, 3.63) is 35.9 Å². The summed E-state index contributed by atoms with van der Waals surface area (Å²) in [6, 6.07) is 10.8. The highest BCUT2D eigenvalue weighted by Gasteiger charge is 2.38. The third-order valence-corrected chi connectivity index (χ3v) is 6.48. The molecule has 2 aliphatic heterocycles. The van der Waals surface area contributed by atoms with Crippen molar-refractivity contribution in [3.8, 4) is 0 Å². The van der Waals surface area contributed by atoms with Gasteiger partial charge in [-0.15, -0.1) is 24.0 Å². The van der Waals surface area contributed by atoms with Gasteiger partial charge in [-0.3, -0.25) is 9.79 Å². The minimum Gasteiger partial charge on any atom is -0.469 e. The molecule has 2 saturated heterocycles. The van der Waals surface area contributed by atoms with Gasteiger partial charge in [0.25, 0.3) is 0 Å². The van der Waals surface area contributed by atoms with Crippen molar-refractivity contribution in [1.82, 2.24) is 15.5 Å². The van der Waals surface area contributed by atoms with E-state index in [0.29, 0.717) is 6.54 Å². The van der Waals surface area contributed by atoms with Crippen LogP contribution in [0, 0.1) is 11.8 Å². The number of carbonyl (C=O) groups is 1. The van der Waals surface area contributed by atoms with E-state index in [0.717, 1.165) is 45.1 Å². The van der Waals surface area contributed by atoms with Gasteiger partial charge in [0.1, 0.15) is 0 Å². The smallest absolute Gasteiger partial charge is 0.310 e. The van der Waals surface area contributed by atoms with Crippen LogP contribution in [0.25, 0.3) is 0 Å². The summed E-state index contributed by atoms with van der Waals surface area (Å²) in [6.45, 7) is 8.00. The van der Waals surface area contributed by atoms with Crippen molar-refractivity contribution >= 4 is 35.9 Å². The van der Waals surface area contributed by atoms with Crippen molar-refractivity contribution in [2.45, 2.75) is 38.3 Å². The molecule has 0 aromatic heterocycles. The zero-order valence-electron chi connectivity index (χ0n) is 19.1. The maximum atomic E-state index is 12.1. The summed E-state index contributed by atoms with van der Waals surface area (Å²) < 4.78 is 10.6. The molecule has 0 bridgehead atoms. The van der Waals surface area contributed by atoms with Gasteiger partial charge in [-0.2, -0.15) is 0 Å². The number of hydrogen-bond acceptors (Lipinski definition) is 5. The molecule has 0 radical (unpaired) electrons. The van der Waals surface area contributed by atoms with Crippen LogP contribution >= 0.6 is 24.0 Å². The second-order valence-electron chi connectivity index (χ2n) is 8.58. The lowest BCUT2D eigenvalue weighted by atomic mass is 9.88. The van der Waals surface area contributed by atoms with E-state index in [4.69, 9.17) is 9.47 Å². The summed E-state index contributed by atoms with van der Waals surface area (Å²) in [5, 5.41) is 7.46. The number of ether oxygens (including phenoxy) is 2. The number of benzene rings is 1. The molecule has 7 nitrogen and oxygen atoms in total. The van der Waals surface area contributed by atoms with Gasteiger partial charge in [-0.25, -0.2) is 0 Å². The molecule has 0 saturated carbocycles. The number of nitrogens with zero attached hydrogens (tertiary/aromatic N) is 2. The fraction of sp³-hybridized carbons (Fsp3) is 0.652. The van der Waals surface area contributed by atoms with E-state index in [2.05, 4.69) is 58.6 Å². The summed E-state index contributed by atoms with van der Waals surface area (Å²) in [4.78, 5) is 18.7. The first-order valence-corrected chi connectivity index (χ1v) is 10.9. The number of halogens is 1. The average Bonchev–Trinajstić information content (AvgIpc) is 3.16. The van der Waals surface area contributed by atoms with E-state index in [-0.39, 0.29) is 53.4 Å². The zero-order chi connectivity index (χ0) is 21.6. The van der Waals surface area contributed by atoms with Crippen LogP contribution in [0.2, 0.25) is 0 Å². The number of nitrogens with one attached hydrogen (secondary N) is 2. The van der Waals surface area contributed by atoms with Crippen molar-refractivity contribution in [1.29, 1.82) is 0 Å². The zero-order valence-corrected chi connectivity index (χ0v) is 21.4. The molecular weight excluding hydrogens is 507 g/mol. The van der Waals surface area contributed by atoms with E-state index in [1.807, 2.05) is 6.07 Å². The number of esters is 1. The molecule has 2 fully saturated rings. The number of aliphatic imine (C=N–C) groups is 1. The lowest BCUT2D eigenvalue weighted by Crippen LogP contribution is -2.58. The Bertz CT molecular complexity index is 725. The standard InChI is InChI=1S/C23H36N4O3.HI/c1-17-14-27(15-20(17)21(28)29-4)22(24-3)25-16-23(10-12-30-13-11-23)26-18(2)19-8-6-5-7-9-19;/h5-9,17-18,20,26H,10-16H2,1-4H3,(H,24,25);1H. The Morgan fingerprint density at radius 2 is 1.97 bits per heavy atom. The number of guanidine groups is 1. The van der Waals surface area contributed by atoms with Crippen molar-refractivity contribution < 1.29 is 14.3 Å². The van der Waals surface area contributed by atoms with Crippen LogP contribution in [0.5, 0.6) is 0 Å². The van der Waals surface area contributed by atoms with Gasteiger partial charge in [-0.05, 0) is 31.2 Å². The Hall–Kier alpha value is -1.39. The molecule has 3 unspecified atom stereocenters. The fourth-order valence-corrected chi connectivity index (χ4v) is 4.60.